The number of imidazole rings is 1. The number of nitrogens with zero attached hydrogens (tertiary/aromatic N) is 4. The average molecular weight is 363 g/mol. The van der Waals surface area contributed by atoms with E-state index in [-0.39, 0.29) is 16.8 Å². The van der Waals surface area contributed by atoms with Gasteiger partial charge in [0.05, 0.1) is 6.04 Å². The molecule has 0 fully saturated rings. The number of nitrogens with one attached hydrogen (secondary N) is 1. The zero-order chi connectivity index (χ0) is 18.2. The van der Waals surface area contributed by atoms with Crippen molar-refractivity contribution in [2.75, 3.05) is 6.54 Å². The minimum atomic E-state index is -3.67. The Labute approximate surface area is 146 Å². The molecule has 1 aliphatic heterocycles. The van der Waals surface area contributed by atoms with Crippen LogP contribution in [0.3, 0.4) is 0 Å². The van der Waals surface area contributed by atoms with Crippen LogP contribution in [0.25, 0.3) is 0 Å². The van der Waals surface area contributed by atoms with Crippen molar-refractivity contribution in [2.24, 2.45) is 0 Å². The molecule has 0 saturated heterocycles. The highest BCUT2D eigenvalue weighted by atomic mass is 32.2. The van der Waals surface area contributed by atoms with Gasteiger partial charge in [0.25, 0.3) is 5.91 Å². The molecular weight excluding hydrogens is 342 g/mol. The first kappa shape index (κ1) is 17.6. The Bertz CT molecular complexity index is 876. The van der Waals surface area contributed by atoms with Crippen LogP contribution >= 0.6 is 0 Å². The highest BCUT2D eigenvalue weighted by Crippen LogP contribution is 2.30. The molecule has 1 amide bonds. The van der Waals surface area contributed by atoms with Crippen molar-refractivity contribution in [3.8, 4) is 0 Å². The molecule has 1 N–H and O–H groups in total. The van der Waals surface area contributed by atoms with Crippen LogP contribution in [-0.4, -0.2) is 45.8 Å². The van der Waals surface area contributed by atoms with Gasteiger partial charge in [0.2, 0.25) is 10.0 Å². The van der Waals surface area contributed by atoms with Gasteiger partial charge in [-0.2, -0.15) is 4.31 Å². The van der Waals surface area contributed by atoms with Crippen LogP contribution in [0.2, 0.25) is 0 Å². The van der Waals surface area contributed by atoms with Crippen molar-refractivity contribution < 1.29 is 13.2 Å². The summed E-state index contributed by atoms with van der Waals surface area (Å²) in [6.45, 7) is 6.28. The summed E-state index contributed by atoms with van der Waals surface area (Å²) in [4.78, 5) is 20.6. The van der Waals surface area contributed by atoms with Gasteiger partial charge >= 0.3 is 0 Å². The Hall–Kier alpha value is -2.26. The maximum atomic E-state index is 12.9. The Morgan fingerprint density at radius 3 is 2.76 bits per heavy atom. The molecule has 8 nitrogen and oxygen atoms in total. The van der Waals surface area contributed by atoms with Gasteiger partial charge in [0.15, 0.2) is 0 Å². The van der Waals surface area contributed by atoms with Crippen molar-refractivity contribution in [3.63, 3.8) is 0 Å². The summed E-state index contributed by atoms with van der Waals surface area (Å²) in [5, 5.41) is 2.80. The SMILES string of the molecule is CC(C)NC(=O)c1cn2c(n1)[C@@H](C)N(S(=O)(=O)c1cccnc1)CC2. The fourth-order valence-corrected chi connectivity index (χ4v) is 4.43. The Kier molecular flexibility index (Phi) is 4.61. The third-order valence-electron chi connectivity index (χ3n) is 4.07. The summed E-state index contributed by atoms with van der Waals surface area (Å²) in [7, 11) is -3.67. The van der Waals surface area contributed by atoms with E-state index in [1.165, 1.54) is 22.8 Å². The summed E-state index contributed by atoms with van der Waals surface area (Å²) in [5.74, 6) is 0.304. The molecular formula is C16H21N5O3S. The second-order valence-corrected chi connectivity index (χ2v) is 8.18. The van der Waals surface area contributed by atoms with Crippen LogP contribution in [0.5, 0.6) is 0 Å². The van der Waals surface area contributed by atoms with Gasteiger partial charge in [-0.1, -0.05) is 0 Å². The molecule has 0 bridgehead atoms. The number of carbonyl (C=O) groups excluding carboxylic acids is 1. The number of amides is 1. The van der Waals surface area contributed by atoms with E-state index in [0.717, 1.165) is 0 Å². The summed E-state index contributed by atoms with van der Waals surface area (Å²) in [6, 6.07) is 2.65. The monoisotopic (exact) mass is 363 g/mol. The van der Waals surface area contributed by atoms with Crippen LogP contribution in [0, 0.1) is 0 Å². The second kappa shape index (κ2) is 6.57. The maximum Gasteiger partial charge on any atom is 0.271 e. The highest BCUT2D eigenvalue weighted by Gasteiger charge is 2.36. The summed E-state index contributed by atoms with van der Waals surface area (Å²) in [6.07, 6.45) is 4.55. The lowest BCUT2D eigenvalue weighted by Gasteiger charge is -2.32. The molecule has 0 aliphatic carbocycles. The molecule has 1 atom stereocenters. The van der Waals surface area contributed by atoms with Crippen molar-refractivity contribution in [3.05, 3.63) is 42.2 Å². The molecule has 2 aromatic rings. The minimum Gasteiger partial charge on any atom is -0.348 e. The van der Waals surface area contributed by atoms with Gasteiger partial charge in [-0.05, 0) is 32.9 Å². The summed E-state index contributed by atoms with van der Waals surface area (Å²) < 4.78 is 29.0. The number of fused-ring (bicyclic) bond motifs is 1. The number of carbonyl (C=O) groups is 1. The first-order chi connectivity index (χ1) is 11.8. The Morgan fingerprint density at radius 2 is 2.12 bits per heavy atom. The number of sulfonamides is 1. The fraction of sp³-hybridized carbons (Fsp3) is 0.438. The van der Waals surface area contributed by atoms with Crippen molar-refractivity contribution in [1.29, 1.82) is 0 Å². The van der Waals surface area contributed by atoms with Crippen LogP contribution in [0.4, 0.5) is 0 Å². The molecule has 9 heteroatoms. The third-order valence-corrected chi connectivity index (χ3v) is 6.02. The predicted molar refractivity (Wildman–Crippen MR) is 91.4 cm³/mol. The zero-order valence-corrected chi connectivity index (χ0v) is 15.2. The number of aromatic nitrogens is 3. The highest BCUT2D eigenvalue weighted by molar-refractivity contribution is 7.89. The van der Waals surface area contributed by atoms with E-state index in [1.54, 1.807) is 19.2 Å². The average Bonchev–Trinajstić information content (AvgIpc) is 3.00. The number of pyridine rings is 1. The molecule has 2 aromatic heterocycles. The molecule has 0 aromatic carbocycles. The second-order valence-electron chi connectivity index (χ2n) is 6.29. The van der Waals surface area contributed by atoms with Crippen LogP contribution in [-0.2, 0) is 16.6 Å². The Balaban J connectivity index is 1.90. The smallest absolute Gasteiger partial charge is 0.271 e. The van der Waals surface area contributed by atoms with E-state index in [2.05, 4.69) is 15.3 Å². The van der Waals surface area contributed by atoms with Gasteiger partial charge in [0, 0.05) is 37.7 Å². The molecule has 25 heavy (non-hydrogen) atoms. The summed E-state index contributed by atoms with van der Waals surface area (Å²) >= 11 is 0. The molecule has 3 heterocycles. The number of rotatable bonds is 4. The topological polar surface area (TPSA) is 97.2 Å². The third kappa shape index (κ3) is 3.29. The first-order valence-electron chi connectivity index (χ1n) is 8.10. The van der Waals surface area contributed by atoms with Crippen molar-refractivity contribution in [2.45, 2.75) is 44.3 Å². The predicted octanol–water partition coefficient (Wildman–Crippen LogP) is 1.18. The lowest BCUT2D eigenvalue weighted by atomic mass is 10.2. The standard InChI is InChI=1S/C16H21N5O3S/c1-11(2)18-16(22)14-10-20-7-8-21(12(3)15(20)19-14)25(23,24)13-5-4-6-17-9-13/h4-6,9-12H,7-8H2,1-3H3,(H,18,22)/t12-/m1/s1. The van der Waals surface area contributed by atoms with Crippen LogP contribution in [0.1, 0.15) is 43.1 Å². The number of hydrogen-bond acceptors (Lipinski definition) is 5. The Morgan fingerprint density at radius 1 is 1.36 bits per heavy atom. The van der Waals surface area contributed by atoms with Crippen LogP contribution in [0.15, 0.2) is 35.6 Å². The normalized spacial score (nSPS) is 18.2. The maximum absolute atomic E-state index is 12.9. The van der Waals surface area contributed by atoms with Gasteiger partial charge in [-0.25, -0.2) is 13.4 Å². The molecule has 1 aliphatic rings. The lowest BCUT2D eigenvalue weighted by molar-refractivity contribution is 0.0938. The van der Waals surface area contributed by atoms with E-state index in [1.807, 2.05) is 18.4 Å². The van der Waals surface area contributed by atoms with Crippen molar-refractivity contribution in [1.82, 2.24) is 24.2 Å². The van der Waals surface area contributed by atoms with E-state index in [9.17, 15) is 13.2 Å². The lowest BCUT2D eigenvalue weighted by Crippen LogP contribution is -2.41. The van der Waals surface area contributed by atoms with E-state index >= 15 is 0 Å². The van der Waals surface area contributed by atoms with Gasteiger partial charge < -0.3 is 9.88 Å². The fourth-order valence-electron chi connectivity index (χ4n) is 2.88. The molecule has 0 saturated carbocycles. The molecule has 0 radical (unpaired) electrons. The zero-order valence-electron chi connectivity index (χ0n) is 14.4. The van der Waals surface area contributed by atoms with Crippen LogP contribution < -0.4 is 5.32 Å². The number of hydrogen-bond donors (Lipinski definition) is 1. The van der Waals surface area contributed by atoms with Crippen molar-refractivity contribution >= 4 is 15.9 Å². The molecule has 0 unspecified atom stereocenters. The van der Waals surface area contributed by atoms with Gasteiger partial charge in [0.1, 0.15) is 16.4 Å². The molecule has 3 rings (SSSR count). The quantitative estimate of drug-likeness (QED) is 0.880. The van der Waals surface area contributed by atoms with E-state index < -0.39 is 16.1 Å². The first-order valence-corrected chi connectivity index (χ1v) is 9.54. The molecule has 0 spiro atoms. The summed E-state index contributed by atoms with van der Waals surface area (Å²) in [5.41, 5.74) is 0.302. The van der Waals surface area contributed by atoms with E-state index in [0.29, 0.717) is 24.6 Å². The largest absolute Gasteiger partial charge is 0.348 e. The molecule has 134 valence electrons. The van der Waals surface area contributed by atoms with Gasteiger partial charge in [-0.3, -0.25) is 9.78 Å². The van der Waals surface area contributed by atoms with E-state index in [4.69, 9.17) is 0 Å². The van der Waals surface area contributed by atoms with Gasteiger partial charge in [-0.15, -0.1) is 0 Å². The minimum absolute atomic E-state index is 0.00566.